The molecule has 0 aliphatic heterocycles. The lowest BCUT2D eigenvalue weighted by molar-refractivity contribution is -0.142. The van der Waals surface area contributed by atoms with Crippen LogP contribution in [-0.2, 0) is 11.0 Å². The summed E-state index contributed by atoms with van der Waals surface area (Å²) < 4.78 is 37.4. The Balaban J connectivity index is 2.95. The van der Waals surface area contributed by atoms with Crippen LogP contribution in [0.4, 0.5) is 13.2 Å². The molecule has 0 fully saturated rings. The molecule has 16 heavy (non-hydrogen) atoms. The van der Waals surface area contributed by atoms with Crippen LogP contribution in [0.15, 0.2) is 12.4 Å². The van der Waals surface area contributed by atoms with Crippen molar-refractivity contribution in [1.82, 2.24) is 9.78 Å². The number of halogens is 3. The quantitative estimate of drug-likeness (QED) is 0.814. The molecule has 8 heteroatoms. The minimum Gasteiger partial charge on any atom is -0.480 e. The molecule has 0 aliphatic carbocycles. The van der Waals surface area contributed by atoms with Crippen LogP contribution in [0.1, 0.15) is 18.0 Å². The normalized spacial score (nSPS) is 13.8. The molecule has 1 atom stereocenters. The third-order valence-electron chi connectivity index (χ3n) is 1.97. The molecule has 1 unspecified atom stereocenters. The Hall–Kier alpha value is -1.57. The number of alkyl halides is 3. The van der Waals surface area contributed by atoms with Gasteiger partial charge in [-0.25, -0.2) is 4.79 Å². The van der Waals surface area contributed by atoms with Gasteiger partial charge in [0.1, 0.15) is 0 Å². The highest BCUT2D eigenvalue weighted by atomic mass is 19.4. The Kier molecular flexibility index (Phi) is 3.53. The number of aromatic nitrogens is 2. The van der Waals surface area contributed by atoms with E-state index in [4.69, 9.17) is 10.8 Å². The number of hydrogen-bond donors (Lipinski definition) is 2. The van der Waals surface area contributed by atoms with E-state index in [9.17, 15) is 18.0 Å². The molecule has 0 bridgehead atoms. The lowest BCUT2D eigenvalue weighted by atomic mass is 10.2. The number of carboxylic acid groups (broad SMARTS) is 1. The number of nitrogens with two attached hydrogens (primary N) is 1. The van der Waals surface area contributed by atoms with Crippen LogP contribution >= 0.6 is 0 Å². The van der Waals surface area contributed by atoms with Gasteiger partial charge in [-0.15, -0.1) is 0 Å². The second kappa shape index (κ2) is 4.52. The van der Waals surface area contributed by atoms with Crippen molar-refractivity contribution < 1.29 is 23.1 Å². The molecule has 3 N–H and O–H groups in total. The summed E-state index contributed by atoms with van der Waals surface area (Å²) in [4.78, 5) is 10.8. The van der Waals surface area contributed by atoms with Crippen molar-refractivity contribution in [2.24, 2.45) is 5.73 Å². The van der Waals surface area contributed by atoms with Crippen LogP contribution in [0, 0.1) is 0 Å². The van der Waals surface area contributed by atoms with Crippen molar-refractivity contribution in [3.8, 4) is 0 Å². The maximum atomic E-state index is 12.2. The highest BCUT2D eigenvalue weighted by molar-refractivity contribution is 5.71. The van der Waals surface area contributed by atoms with E-state index in [-0.39, 0.29) is 13.0 Å². The molecule has 1 aromatic rings. The Morgan fingerprint density at radius 1 is 1.62 bits per heavy atom. The molecule has 0 saturated carbocycles. The summed E-state index contributed by atoms with van der Waals surface area (Å²) >= 11 is 0. The number of nitrogens with zero attached hydrogens (tertiary/aromatic N) is 2. The Labute approximate surface area is 88.7 Å². The zero-order valence-corrected chi connectivity index (χ0v) is 8.11. The molecule has 0 aromatic carbocycles. The molecular weight excluding hydrogens is 227 g/mol. The summed E-state index contributed by atoms with van der Waals surface area (Å²) in [5, 5.41) is 12.2. The summed E-state index contributed by atoms with van der Waals surface area (Å²) in [5.41, 5.74) is 4.19. The van der Waals surface area contributed by atoms with Crippen LogP contribution in [0.3, 0.4) is 0 Å². The van der Waals surface area contributed by atoms with Crippen LogP contribution in [-0.4, -0.2) is 27.4 Å². The zero-order valence-electron chi connectivity index (χ0n) is 8.11. The number of hydrogen-bond acceptors (Lipinski definition) is 3. The average molecular weight is 237 g/mol. The number of carboxylic acids is 1. The van der Waals surface area contributed by atoms with Crippen LogP contribution < -0.4 is 5.73 Å². The first-order chi connectivity index (χ1) is 7.36. The van der Waals surface area contributed by atoms with Gasteiger partial charge in [-0.05, 0) is 13.0 Å². The highest BCUT2D eigenvalue weighted by Gasteiger charge is 2.33. The van der Waals surface area contributed by atoms with Crippen molar-refractivity contribution in [3.05, 3.63) is 18.0 Å². The molecule has 1 heterocycles. The van der Waals surface area contributed by atoms with Crippen molar-refractivity contribution in [2.45, 2.75) is 18.6 Å². The molecule has 0 amide bonds. The van der Waals surface area contributed by atoms with E-state index in [0.717, 1.165) is 4.68 Å². The minimum atomic E-state index is -4.52. The monoisotopic (exact) mass is 237 g/mol. The van der Waals surface area contributed by atoms with Gasteiger partial charge < -0.3 is 10.8 Å². The summed E-state index contributed by atoms with van der Waals surface area (Å²) in [7, 11) is 0. The van der Waals surface area contributed by atoms with E-state index in [2.05, 4.69) is 5.10 Å². The smallest absolute Gasteiger partial charge is 0.419 e. The predicted molar refractivity (Wildman–Crippen MR) is 47.6 cm³/mol. The Morgan fingerprint density at radius 3 is 2.62 bits per heavy atom. The van der Waals surface area contributed by atoms with Gasteiger partial charge in [0.25, 0.3) is 0 Å². The molecular formula is C8H10F3N3O2. The summed E-state index contributed by atoms with van der Waals surface area (Å²) in [6.07, 6.45) is -3.25. The summed E-state index contributed by atoms with van der Waals surface area (Å²) in [5.74, 6) is -1.26. The second-order valence-electron chi connectivity index (χ2n) is 3.14. The largest absolute Gasteiger partial charge is 0.480 e. The first-order valence-electron chi connectivity index (χ1n) is 4.40. The van der Waals surface area contributed by atoms with Gasteiger partial charge >= 0.3 is 12.1 Å². The van der Waals surface area contributed by atoms with Crippen LogP contribution in [0.2, 0.25) is 0 Å². The molecule has 5 nitrogen and oxygen atoms in total. The van der Waals surface area contributed by atoms with Crippen molar-refractivity contribution in [1.29, 1.82) is 0 Å². The zero-order chi connectivity index (χ0) is 12.3. The Bertz CT molecular complexity index is 375. The predicted octanol–water partition coefficient (Wildman–Crippen LogP) is 0.876. The second-order valence-corrected chi connectivity index (χ2v) is 3.14. The number of aliphatic carboxylic acids is 1. The van der Waals surface area contributed by atoms with E-state index in [1.165, 1.54) is 0 Å². The van der Waals surface area contributed by atoms with Crippen molar-refractivity contribution >= 4 is 5.97 Å². The van der Waals surface area contributed by atoms with Gasteiger partial charge in [-0.2, -0.15) is 18.3 Å². The van der Waals surface area contributed by atoms with E-state index in [1.54, 1.807) is 0 Å². The average Bonchev–Trinajstić information content (AvgIpc) is 2.61. The van der Waals surface area contributed by atoms with Crippen LogP contribution in [0.25, 0.3) is 0 Å². The van der Waals surface area contributed by atoms with E-state index < -0.39 is 23.8 Å². The summed E-state index contributed by atoms with van der Waals surface area (Å²) in [6.45, 7) is 0.0537. The first kappa shape index (κ1) is 12.5. The van der Waals surface area contributed by atoms with Gasteiger partial charge in [0, 0.05) is 6.20 Å². The SMILES string of the molecule is NCCC(C(=O)O)n1cc(C(F)(F)F)cn1. The molecule has 1 aromatic heterocycles. The number of carbonyl (C=O) groups is 1. The van der Waals surface area contributed by atoms with Crippen LogP contribution in [0.5, 0.6) is 0 Å². The molecule has 0 spiro atoms. The highest BCUT2D eigenvalue weighted by Crippen LogP contribution is 2.29. The van der Waals surface area contributed by atoms with Gasteiger partial charge in [-0.1, -0.05) is 0 Å². The fourth-order valence-corrected chi connectivity index (χ4v) is 1.18. The first-order valence-corrected chi connectivity index (χ1v) is 4.40. The van der Waals surface area contributed by atoms with Crippen molar-refractivity contribution in [3.63, 3.8) is 0 Å². The topological polar surface area (TPSA) is 81.1 Å². The van der Waals surface area contributed by atoms with Gasteiger partial charge in [-0.3, -0.25) is 4.68 Å². The van der Waals surface area contributed by atoms with Gasteiger partial charge in [0.2, 0.25) is 0 Å². The minimum absolute atomic E-state index is 0.0221. The number of rotatable bonds is 4. The standard InChI is InChI=1S/C8H10F3N3O2/c9-8(10,11)5-3-13-14(4-5)6(1-2-12)7(15)16/h3-4,6H,1-2,12H2,(H,15,16). The van der Waals surface area contributed by atoms with Gasteiger partial charge in [0.05, 0.1) is 11.8 Å². The summed E-state index contributed by atoms with van der Waals surface area (Å²) in [6, 6.07) is -1.17. The molecule has 0 saturated heterocycles. The Morgan fingerprint density at radius 2 is 2.25 bits per heavy atom. The van der Waals surface area contributed by atoms with E-state index >= 15 is 0 Å². The molecule has 90 valence electrons. The fraction of sp³-hybridized carbons (Fsp3) is 0.500. The van der Waals surface area contributed by atoms with Gasteiger partial charge in [0.15, 0.2) is 6.04 Å². The third kappa shape index (κ3) is 2.72. The third-order valence-corrected chi connectivity index (χ3v) is 1.97. The van der Waals surface area contributed by atoms with E-state index in [0.29, 0.717) is 12.4 Å². The lowest BCUT2D eigenvalue weighted by Gasteiger charge is -2.11. The maximum absolute atomic E-state index is 12.2. The molecule has 0 aliphatic rings. The van der Waals surface area contributed by atoms with E-state index in [1.807, 2.05) is 0 Å². The molecule has 1 rings (SSSR count). The maximum Gasteiger partial charge on any atom is 0.419 e. The molecule has 0 radical (unpaired) electrons. The van der Waals surface area contributed by atoms with Crippen molar-refractivity contribution in [2.75, 3.05) is 6.54 Å². The lowest BCUT2D eigenvalue weighted by Crippen LogP contribution is -2.22. The fourth-order valence-electron chi connectivity index (χ4n) is 1.18.